The minimum Gasteiger partial charge on any atom is -0.494 e. The zero-order valence-electron chi connectivity index (χ0n) is 13.2. The van der Waals surface area contributed by atoms with Crippen LogP contribution in [-0.4, -0.2) is 25.9 Å². The van der Waals surface area contributed by atoms with Crippen molar-refractivity contribution in [2.24, 2.45) is 0 Å². The lowest BCUT2D eigenvalue weighted by Gasteiger charge is -2.12. The summed E-state index contributed by atoms with van der Waals surface area (Å²) in [5.74, 6) is 0.965. The van der Waals surface area contributed by atoms with E-state index in [2.05, 4.69) is 43.4 Å². The first-order valence-electron chi connectivity index (χ1n) is 7.80. The van der Waals surface area contributed by atoms with Crippen LogP contribution in [0.2, 0.25) is 0 Å². The average Bonchev–Trinajstić information content (AvgIpc) is 2.45. The Kier molecular flexibility index (Phi) is 9.09. The third-order valence-corrected chi connectivity index (χ3v) is 3.15. The van der Waals surface area contributed by atoms with E-state index in [-0.39, 0.29) is 6.10 Å². The van der Waals surface area contributed by atoms with Gasteiger partial charge in [0, 0.05) is 19.7 Å². The first kappa shape index (κ1) is 17.0. The molecule has 0 aliphatic carbocycles. The highest BCUT2D eigenvalue weighted by Crippen LogP contribution is 2.12. The van der Waals surface area contributed by atoms with Gasteiger partial charge in [0.05, 0.1) is 12.7 Å². The second kappa shape index (κ2) is 10.7. The van der Waals surface area contributed by atoms with E-state index in [1.807, 2.05) is 6.92 Å². The van der Waals surface area contributed by atoms with E-state index in [9.17, 15) is 0 Å². The molecule has 0 heterocycles. The molecule has 1 rings (SSSR count). The lowest BCUT2D eigenvalue weighted by molar-refractivity contribution is 0.0759. The summed E-state index contributed by atoms with van der Waals surface area (Å²) in [6, 6.07) is 8.34. The fraction of sp³-hybridized carbons (Fsp3) is 0.647. The first-order valence-corrected chi connectivity index (χ1v) is 7.80. The Hall–Kier alpha value is -1.06. The maximum atomic E-state index is 5.70. The standard InChI is InChI=1S/C17H29NO2/c1-4-6-7-12-20-17-10-8-16(9-11-17)14-18-13-15(3)19-5-2/h8-11,15,18H,4-7,12-14H2,1-3H3. The van der Waals surface area contributed by atoms with Crippen LogP contribution in [0.25, 0.3) is 0 Å². The van der Waals surface area contributed by atoms with Crippen LogP contribution in [0.3, 0.4) is 0 Å². The average molecular weight is 279 g/mol. The summed E-state index contributed by atoms with van der Waals surface area (Å²) in [5, 5.41) is 3.40. The molecule has 0 saturated carbocycles. The van der Waals surface area contributed by atoms with Crippen molar-refractivity contribution in [3.05, 3.63) is 29.8 Å². The fourth-order valence-corrected chi connectivity index (χ4v) is 2.01. The smallest absolute Gasteiger partial charge is 0.119 e. The molecule has 0 amide bonds. The van der Waals surface area contributed by atoms with Crippen molar-refractivity contribution in [1.29, 1.82) is 0 Å². The van der Waals surface area contributed by atoms with Crippen molar-refractivity contribution in [3.63, 3.8) is 0 Å². The number of hydrogen-bond acceptors (Lipinski definition) is 3. The summed E-state index contributed by atoms with van der Waals surface area (Å²) < 4.78 is 11.2. The molecule has 0 saturated heterocycles. The maximum Gasteiger partial charge on any atom is 0.119 e. The molecule has 114 valence electrons. The minimum absolute atomic E-state index is 0.265. The monoisotopic (exact) mass is 279 g/mol. The van der Waals surface area contributed by atoms with Gasteiger partial charge >= 0.3 is 0 Å². The Bertz CT molecular complexity index is 337. The molecule has 0 aliphatic rings. The second-order valence-corrected chi connectivity index (χ2v) is 5.10. The Balaban J connectivity index is 2.21. The van der Waals surface area contributed by atoms with Crippen LogP contribution in [0.15, 0.2) is 24.3 Å². The van der Waals surface area contributed by atoms with Gasteiger partial charge in [-0.15, -0.1) is 0 Å². The van der Waals surface area contributed by atoms with Crippen LogP contribution in [0.1, 0.15) is 45.6 Å². The largest absolute Gasteiger partial charge is 0.494 e. The van der Waals surface area contributed by atoms with Crippen molar-refractivity contribution in [3.8, 4) is 5.75 Å². The highest BCUT2D eigenvalue weighted by molar-refractivity contribution is 5.27. The molecule has 1 unspecified atom stereocenters. The van der Waals surface area contributed by atoms with E-state index in [0.29, 0.717) is 0 Å². The van der Waals surface area contributed by atoms with E-state index >= 15 is 0 Å². The lowest BCUT2D eigenvalue weighted by Crippen LogP contribution is -2.26. The Labute approximate surface area is 123 Å². The number of rotatable bonds is 11. The first-order chi connectivity index (χ1) is 9.76. The van der Waals surface area contributed by atoms with Gasteiger partial charge in [0.2, 0.25) is 0 Å². The third-order valence-electron chi connectivity index (χ3n) is 3.15. The molecule has 0 aliphatic heterocycles. The summed E-state index contributed by atoms with van der Waals surface area (Å²) in [6.07, 6.45) is 3.87. The lowest BCUT2D eigenvalue weighted by atomic mass is 10.2. The van der Waals surface area contributed by atoms with E-state index in [0.717, 1.165) is 38.5 Å². The van der Waals surface area contributed by atoms with E-state index < -0.39 is 0 Å². The summed E-state index contributed by atoms with van der Waals surface area (Å²) in [4.78, 5) is 0. The summed E-state index contributed by atoms with van der Waals surface area (Å²) in [6.45, 7) is 9.65. The van der Waals surface area contributed by atoms with Gasteiger partial charge in [-0.25, -0.2) is 0 Å². The van der Waals surface area contributed by atoms with Crippen molar-refractivity contribution in [1.82, 2.24) is 5.32 Å². The van der Waals surface area contributed by atoms with E-state index in [1.165, 1.54) is 18.4 Å². The molecule has 1 aromatic carbocycles. The molecule has 20 heavy (non-hydrogen) atoms. The summed E-state index contributed by atoms with van der Waals surface area (Å²) >= 11 is 0. The highest BCUT2D eigenvalue weighted by atomic mass is 16.5. The quantitative estimate of drug-likeness (QED) is 0.625. The minimum atomic E-state index is 0.265. The van der Waals surface area contributed by atoms with Crippen LogP contribution in [0.5, 0.6) is 5.75 Å². The fourth-order valence-electron chi connectivity index (χ4n) is 2.01. The molecule has 0 spiro atoms. The van der Waals surface area contributed by atoms with Crippen LogP contribution >= 0.6 is 0 Å². The molecule has 0 radical (unpaired) electrons. The zero-order valence-corrected chi connectivity index (χ0v) is 13.2. The van der Waals surface area contributed by atoms with E-state index in [4.69, 9.17) is 9.47 Å². The van der Waals surface area contributed by atoms with Gasteiger partial charge in [-0.3, -0.25) is 0 Å². The van der Waals surface area contributed by atoms with Gasteiger partial charge in [0.25, 0.3) is 0 Å². The molecule has 1 N–H and O–H groups in total. The second-order valence-electron chi connectivity index (χ2n) is 5.10. The number of ether oxygens (including phenoxy) is 2. The molecule has 0 aromatic heterocycles. The molecule has 1 aromatic rings. The molecular weight excluding hydrogens is 250 g/mol. The van der Waals surface area contributed by atoms with Crippen LogP contribution in [0.4, 0.5) is 0 Å². The van der Waals surface area contributed by atoms with Gasteiger partial charge < -0.3 is 14.8 Å². The predicted molar refractivity (Wildman–Crippen MR) is 84.3 cm³/mol. The van der Waals surface area contributed by atoms with E-state index in [1.54, 1.807) is 0 Å². The molecule has 1 atom stereocenters. The van der Waals surface area contributed by atoms with Crippen molar-refractivity contribution >= 4 is 0 Å². The number of unbranched alkanes of at least 4 members (excludes halogenated alkanes) is 2. The number of nitrogens with one attached hydrogen (secondary N) is 1. The van der Waals surface area contributed by atoms with Crippen molar-refractivity contribution < 1.29 is 9.47 Å². The van der Waals surface area contributed by atoms with Gasteiger partial charge in [0.15, 0.2) is 0 Å². The number of benzene rings is 1. The Morgan fingerprint density at radius 3 is 2.50 bits per heavy atom. The van der Waals surface area contributed by atoms with Gasteiger partial charge in [-0.2, -0.15) is 0 Å². The third kappa shape index (κ3) is 7.51. The van der Waals surface area contributed by atoms with Gasteiger partial charge in [-0.1, -0.05) is 31.9 Å². The summed E-state index contributed by atoms with van der Waals surface area (Å²) in [5.41, 5.74) is 1.27. The van der Waals surface area contributed by atoms with Crippen LogP contribution in [-0.2, 0) is 11.3 Å². The SMILES string of the molecule is CCCCCOc1ccc(CNCC(C)OCC)cc1. The summed E-state index contributed by atoms with van der Waals surface area (Å²) in [7, 11) is 0. The normalized spacial score (nSPS) is 12.3. The molecule has 3 heteroatoms. The van der Waals surface area contributed by atoms with Gasteiger partial charge in [0.1, 0.15) is 5.75 Å². The molecule has 3 nitrogen and oxygen atoms in total. The molecular formula is C17H29NO2. The highest BCUT2D eigenvalue weighted by Gasteiger charge is 2.00. The topological polar surface area (TPSA) is 30.5 Å². The van der Waals surface area contributed by atoms with Crippen LogP contribution in [0, 0.1) is 0 Å². The predicted octanol–water partition coefficient (Wildman–Crippen LogP) is 3.77. The Morgan fingerprint density at radius 1 is 1.10 bits per heavy atom. The molecule has 0 fully saturated rings. The number of hydrogen-bond donors (Lipinski definition) is 1. The Morgan fingerprint density at radius 2 is 1.85 bits per heavy atom. The van der Waals surface area contributed by atoms with Crippen molar-refractivity contribution in [2.45, 2.75) is 52.7 Å². The van der Waals surface area contributed by atoms with Crippen LogP contribution < -0.4 is 10.1 Å². The zero-order chi connectivity index (χ0) is 14.6. The molecule has 0 bridgehead atoms. The maximum absolute atomic E-state index is 5.70. The van der Waals surface area contributed by atoms with Crippen molar-refractivity contribution in [2.75, 3.05) is 19.8 Å². The van der Waals surface area contributed by atoms with Gasteiger partial charge in [-0.05, 0) is 38.0 Å².